The fourth-order valence-corrected chi connectivity index (χ4v) is 5.87. The summed E-state index contributed by atoms with van der Waals surface area (Å²) in [5, 5.41) is 5.93. The molecule has 0 unspecified atom stereocenters. The summed E-state index contributed by atoms with van der Waals surface area (Å²) >= 11 is 3.04. The number of anilines is 1. The number of thioether (sulfide) groups is 1. The summed E-state index contributed by atoms with van der Waals surface area (Å²) in [7, 11) is 0. The lowest BCUT2D eigenvalue weighted by molar-refractivity contribution is -0.113. The molecular formula is C23H23NO3S2. The molecule has 29 heavy (non-hydrogen) atoms. The van der Waals surface area contributed by atoms with E-state index in [0.717, 1.165) is 46.9 Å². The van der Waals surface area contributed by atoms with Crippen LogP contribution < -0.4 is 5.32 Å². The Kier molecular flexibility index (Phi) is 6.21. The number of benzene rings is 2. The summed E-state index contributed by atoms with van der Waals surface area (Å²) in [6.45, 7) is 2.13. The Bertz CT molecular complexity index is 1050. The van der Waals surface area contributed by atoms with Crippen LogP contribution in [0.1, 0.15) is 40.6 Å². The molecular weight excluding hydrogens is 402 g/mol. The van der Waals surface area contributed by atoms with Gasteiger partial charge >= 0.3 is 5.97 Å². The van der Waals surface area contributed by atoms with Crippen LogP contribution in [0.5, 0.6) is 0 Å². The standard InChI is InChI=1S/C23H23NO3S2/c1-2-27-23(26)21-17-11-5-6-12-19(17)29-22(21)24-20(25)14-28-18-13-7-9-15-8-3-4-10-16(15)18/h3-4,7-10,13H,2,5-6,11-12,14H2,1H3,(H,24,25). The van der Waals surface area contributed by atoms with E-state index in [0.29, 0.717) is 22.9 Å². The van der Waals surface area contributed by atoms with Crippen LogP contribution in [0.25, 0.3) is 10.8 Å². The van der Waals surface area contributed by atoms with E-state index >= 15 is 0 Å². The zero-order valence-electron chi connectivity index (χ0n) is 16.3. The van der Waals surface area contributed by atoms with Gasteiger partial charge in [0.05, 0.1) is 17.9 Å². The third kappa shape index (κ3) is 4.33. The second-order valence-corrected chi connectivity index (χ2v) is 9.07. The van der Waals surface area contributed by atoms with Gasteiger partial charge in [-0.05, 0) is 55.0 Å². The van der Waals surface area contributed by atoms with Crippen molar-refractivity contribution in [3.63, 3.8) is 0 Å². The molecule has 0 atom stereocenters. The number of thiophene rings is 1. The van der Waals surface area contributed by atoms with E-state index in [-0.39, 0.29) is 11.9 Å². The van der Waals surface area contributed by atoms with Gasteiger partial charge in [-0.25, -0.2) is 4.79 Å². The molecule has 1 aliphatic rings. The molecule has 150 valence electrons. The molecule has 0 saturated carbocycles. The molecule has 0 spiro atoms. The van der Waals surface area contributed by atoms with Gasteiger partial charge in [0.25, 0.3) is 0 Å². The molecule has 0 saturated heterocycles. The molecule has 0 bridgehead atoms. The second kappa shape index (κ2) is 9.01. The zero-order valence-corrected chi connectivity index (χ0v) is 18.0. The first kappa shape index (κ1) is 20.0. The number of hydrogen-bond acceptors (Lipinski definition) is 5. The maximum Gasteiger partial charge on any atom is 0.341 e. The van der Waals surface area contributed by atoms with E-state index in [1.54, 1.807) is 6.92 Å². The van der Waals surface area contributed by atoms with Crippen molar-refractivity contribution in [2.24, 2.45) is 0 Å². The smallest absolute Gasteiger partial charge is 0.341 e. The van der Waals surface area contributed by atoms with Crippen LogP contribution in [0.2, 0.25) is 0 Å². The lowest BCUT2D eigenvalue weighted by Gasteiger charge is -2.12. The Morgan fingerprint density at radius 1 is 1.10 bits per heavy atom. The van der Waals surface area contributed by atoms with Crippen molar-refractivity contribution < 1.29 is 14.3 Å². The van der Waals surface area contributed by atoms with Crippen LogP contribution in [0, 0.1) is 0 Å². The minimum atomic E-state index is -0.330. The SMILES string of the molecule is CCOC(=O)c1c(NC(=O)CSc2cccc3ccccc23)sc2c1CCCC2. The molecule has 1 heterocycles. The first-order chi connectivity index (χ1) is 14.2. The normalized spacial score (nSPS) is 13.1. The van der Waals surface area contributed by atoms with Crippen molar-refractivity contribution in [2.45, 2.75) is 37.5 Å². The number of rotatable bonds is 6. The fraction of sp³-hybridized carbons (Fsp3) is 0.304. The predicted octanol–water partition coefficient (Wildman–Crippen LogP) is 5.69. The van der Waals surface area contributed by atoms with Crippen molar-refractivity contribution >= 4 is 50.7 Å². The highest BCUT2D eigenvalue weighted by Gasteiger charge is 2.27. The number of fused-ring (bicyclic) bond motifs is 2. The summed E-state index contributed by atoms with van der Waals surface area (Å²) in [6, 6.07) is 14.3. The summed E-state index contributed by atoms with van der Waals surface area (Å²) < 4.78 is 5.26. The molecule has 0 radical (unpaired) electrons. The molecule has 0 aliphatic heterocycles. The van der Waals surface area contributed by atoms with Crippen LogP contribution in [0.15, 0.2) is 47.4 Å². The Labute approximate surface area is 178 Å². The Hall–Kier alpha value is -2.31. The lowest BCUT2D eigenvalue weighted by atomic mass is 9.95. The Morgan fingerprint density at radius 2 is 1.90 bits per heavy atom. The highest BCUT2D eigenvalue weighted by molar-refractivity contribution is 8.00. The second-order valence-electron chi connectivity index (χ2n) is 6.95. The minimum Gasteiger partial charge on any atom is -0.462 e. The molecule has 1 N–H and O–H groups in total. The van der Waals surface area contributed by atoms with Crippen molar-refractivity contribution in [2.75, 3.05) is 17.7 Å². The molecule has 1 aliphatic carbocycles. The number of hydrogen-bond donors (Lipinski definition) is 1. The van der Waals surface area contributed by atoms with E-state index in [9.17, 15) is 9.59 Å². The highest BCUT2D eigenvalue weighted by Crippen LogP contribution is 2.39. The van der Waals surface area contributed by atoms with Gasteiger partial charge in [-0.15, -0.1) is 23.1 Å². The molecule has 2 aromatic carbocycles. The quantitative estimate of drug-likeness (QED) is 0.407. The number of ether oxygens (including phenoxy) is 1. The van der Waals surface area contributed by atoms with E-state index in [1.807, 2.05) is 24.3 Å². The van der Waals surface area contributed by atoms with Crippen molar-refractivity contribution in [3.05, 3.63) is 58.5 Å². The minimum absolute atomic E-state index is 0.105. The van der Waals surface area contributed by atoms with Gasteiger partial charge in [0.2, 0.25) is 5.91 Å². The number of nitrogens with one attached hydrogen (secondary N) is 1. The molecule has 0 fully saturated rings. The fourth-order valence-electron chi connectivity index (χ4n) is 3.70. The monoisotopic (exact) mass is 425 g/mol. The van der Waals surface area contributed by atoms with Crippen LogP contribution in [0.3, 0.4) is 0 Å². The number of aryl methyl sites for hydroxylation is 1. The molecule has 1 aromatic heterocycles. The van der Waals surface area contributed by atoms with E-state index in [4.69, 9.17) is 4.74 Å². The first-order valence-electron chi connectivity index (χ1n) is 9.89. The number of carbonyl (C=O) groups excluding carboxylic acids is 2. The maximum absolute atomic E-state index is 12.7. The van der Waals surface area contributed by atoms with Gasteiger partial charge in [-0.1, -0.05) is 36.4 Å². The van der Waals surface area contributed by atoms with Gasteiger partial charge in [-0.2, -0.15) is 0 Å². The molecule has 6 heteroatoms. The summed E-state index contributed by atoms with van der Waals surface area (Å²) in [5.74, 6) is -0.144. The topological polar surface area (TPSA) is 55.4 Å². The average molecular weight is 426 g/mol. The van der Waals surface area contributed by atoms with Gasteiger partial charge in [-0.3, -0.25) is 4.79 Å². The van der Waals surface area contributed by atoms with E-state index in [1.165, 1.54) is 28.0 Å². The number of carbonyl (C=O) groups is 2. The lowest BCUT2D eigenvalue weighted by Crippen LogP contribution is -2.17. The maximum atomic E-state index is 12.7. The predicted molar refractivity (Wildman–Crippen MR) is 120 cm³/mol. The summed E-state index contributed by atoms with van der Waals surface area (Å²) in [6.07, 6.45) is 4.04. The summed E-state index contributed by atoms with van der Waals surface area (Å²) in [4.78, 5) is 27.5. The molecule has 4 nitrogen and oxygen atoms in total. The van der Waals surface area contributed by atoms with Crippen molar-refractivity contribution in [1.29, 1.82) is 0 Å². The molecule has 3 aromatic rings. The van der Waals surface area contributed by atoms with Gasteiger partial charge in [0.1, 0.15) is 5.00 Å². The van der Waals surface area contributed by atoms with Crippen LogP contribution in [0.4, 0.5) is 5.00 Å². The Morgan fingerprint density at radius 3 is 2.76 bits per heavy atom. The Balaban J connectivity index is 1.51. The summed E-state index contributed by atoms with van der Waals surface area (Å²) in [5.41, 5.74) is 1.63. The largest absolute Gasteiger partial charge is 0.462 e. The van der Waals surface area contributed by atoms with Gasteiger partial charge in [0, 0.05) is 9.77 Å². The number of amides is 1. The third-order valence-corrected chi connectivity index (χ3v) is 7.29. The molecule has 4 rings (SSSR count). The van der Waals surface area contributed by atoms with Crippen molar-refractivity contribution in [1.82, 2.24) is 0 Å². The van der Waals surface area contributed by atoms with Crippen molar-refractivity contribution in [3.8, 4) is 0 Å². The van der Waals surface area contributed by atoms with Gasteiger partial charge < -0.3 is 10.1 Å². The first-order valence-corrected chi connectivity index (χ1v) is 11.7. The van der Waals surface area contributed by atoms with E-state index in [2.05, 4.69) is 23.5 Å². The zero-order chi connectivity index (χ0) is 20.2. The average Bonchev–Trinajstić information content (AvgIpc) is 3.10. The highest BCUT2D eigenvalue weighted by atomic mass is 32.2. The van der Waals surface area contributed by atoms with E-state index < -0.39 is 0 Å². The third-order valence-electron chi connectivity index (χ3n) is 5.01. The van der Waals surface area contributed by atoms with Crippen LogP contribution >= 0.6 is 23.1 Å². The molecule has 1 amide bonds. The van der Waals surface area contributed by atoms with Gasteiger partial charge in [0.15, 0.2) is 0 Å². The van der Waals surface area contributed by atoms with Crippen LogP contribution in [-0.4, -0.2) is 24.2 Å². The number of esters is 1. The van der Waals surface area contributed by atoms with Crippen LogP contribution in [-0.2, 0) is 22.4 Å².